The van der Waals surface area contributed by atoms with Crippen molar-refractivity contribution in [2.75, 3.05) is 12.3 Å². The van der Waals surface area contributed by atoms with E-state index in [2.05, 4.69) is 17.2 Å². The quantitative estimate of drug-likeness (QED) is 0.837. The predicted molar refractivity (Wildman–Crippen MR) is 77.1 cm³/mol. The molecule has 1 fully saturated rings. The summed E-state index contributed by atoms with van der Waals surface area (Å²) in [6.45, 7) is 2.97. The molecule has 1 aromatic rings. The van der Waals surface area contributed by atoms with Crippen LogP contribution in [0.3, 0.4) is 0 Å². The molecule has 0 aliphatic heterocycles. The molecule has 3 N–H and O–H groups in total. The highest BCUT2D eigenvalue weighted by Crippen LogP contribution is 2.28. The number of hydrogen-bond acceptors (Lipinski definition) is 3. The molecule has 1 amide bonds. The van der Waals surface area contributed by atoms with Gasteiger partial charge in [0.15, 0.2) is 0 Å². The Balaban J connectivity index is 1.92. The number of nitrogens with zero attached hydrogens (tertiary/aromatic N) is 1. The summed E-state index contributed by atoms with van der Waals surface area (Å²) >= 11 is 5.91. The number of aromatic nitrogens is 1. The second-order valence-corrected chi connectivity index (χ2v) is 5.81. The second-order valence-electron chi connectivity index (χ2n) is 5.45. The highest BCUT2D eigenvalue weighted by Gasteiger charge is 2.20. The Hall–Kier alpha value is -1.29. The van der Waals surface area contributed by atoms with Gasteiger partial charge in [0.05, 0.1) is 17.4 Å². The van der Waals surface area contributed by atoms with Crippen LogP contribution in [0, 0.1) is 11.8 Å². The first kappa shape index (κ1) is 14.1. The number of carbonyl (C=O) groups is 1. The van der Waals surface area contributed by atoms with E-state index in [4.69, 9.17) is 17.3 Å². The van der Waals surface area contributed by atoms with Crippen LogP contribution < -0.4 is 11.1 Å². The zero-order valence-electron chi connectivity index (χ0n) is 11.2. The van der Waals surface area contributed by atoms with Gasteiger partial charge in [-0.2, -0.15) is 0 Å². The molecule has 0 radical (unpaired) electrons. The molecule has 1 aliphatic rings. The number of rotatable bonds is 3. The van der Waals surface area contributed by atoms with Gasteiger partial charge < -0.3 is 11.1 Å². The highest BCUT2D eigenvalue weighted by atomic mass is 35.5. The van der Waals surface area contributed by atoms with Crippen molar-refractivity contribution in [2.45, 2.75) is 32.6 Å². The number of anilines is 1. The number of pyridine rings is 1. The summed E-state index contributed by atoms with van der Waals surface area (Å²) in [4.78, 5) is 15.9. The summed E-state index contributed by atoms with van der Waals surface area (Å²) in [5.41, 5.74) is 6.42. The van der Waals surface area contributed by atoms with Gasteiger partial charge in [0, 0.05) is 6.54 Å². The van der Waals surface area contributed by atoms with Gasteiger partial charge in [-0.1, -0.05) is 31.4 Å². The number of amides is 1. The summed E-state index contributed by atoms with van der Waals surface area (Å²) < 4.78 is 0. The number of nitrogens with two attached hydrogens (primary N) is 1. The van der Waals surface area contributed by atoms with Crippen LogP contribution in [0.4, 0.5) is 5.69 Å². The fourth-order valence-corrected chi connectivity index (χ4v) is 2.89. The van der Waals surface area contributed by atoms with Crippen LogP contribution in [0.2, 0.25) is 5.15 Å². The summed E-state index contributed by atoms with van der Waals surface area (Å²) in [6, 6.07) is 1.56. The van der Waals surface area contributed by atoms with E-state index in [1.165, 1.54) is 31.9 Å². The van der Waals surface area contributed by atoms with Gasteiger partial charge in [-0.25, -0.2) is 4.98 Å². The normalized spacial score (nSPS) is 23.1. The predicted octanol–water partition coefficient (Wildman–Crippen LogP) is 2.87. The lowest BCUT2D eigenvalue weighted by Gasteiger charge is -2.26. The standard InChI is InChI=1S/C14H20ClN3O/c1-9-3-2-4-10(5-9)7-18-14(19)12-6-11(16)8-17-13(12)15/h6,8-10H,2-5,7,16H2,1H3,(H,18,19). The van der Waals surface area contributed by atoms with Crippen molar-refractivity contribution in [3.8, 4) is 0 Å². The third kappa shape index (κ3) is 3.83. The fraction of sp³-hybridized carbons (Fsp3) is 0.571. The summed E-state index contributed by atoms with van der Waals surface area (Å²) in [6.07, 6.45) is 6.37. The van der Waals surface area contributed by atoms with Crippen molar-refractivity contribution in [1.82, 2.24) is 10.3 Å². The molecule has 19 heavy (non-hydrogen) atoms. The molecule has 104 valence electrons. The molecule has 0 aromatic carbocycles. The molecule has 1 aromatic heterocycles. The average molecular weight is 282 g/mol. The van der Waals surface area contributed by atoms with Crippen LogP contribution in [0.25, 0.3) is 0 Å². The number of nitrogen functional groups attached to an aromatic ring is 1. The number of carbonyl (C=O) groups excluding carboxylic acids is 1. The van der Waals surface area contributed by atoms with Crippen LogP contribution in [0.5, 0.6) is 0 Å². The van der Waals surface area contributed by atoms with Crippen molar-refractivity contribution in [1.29, 1.82) is 0 Å². The SMILES string of the molecule is CC1CCCC(CNC(=O)c2cc(N)cnc2Cl)C1. The molecular weight excluding hydrogens is 262 g/mol. The Bertz CT molecular complexity index is 464. The fourth-order valence-electron chi connectivity index (χ4n) is 2.70. The van der Waals surface area contributed by atoms with E-state index >= 15 is 0 Å². The molecule has 1 heterocycles. The average Bonchev–Trinajstić information content (AvgIpc) is 2.39. The van der Waals surface area contributed by atoms with E-state index in [9.17, 15) is 4.79 Å². The van der Waals surface area contributed by atoms with Crippen LogP contribution in [0.1, 0.15) is 43.0 Å². The lowest BCUT2D eigenvalue weighted by molar-refractivity contribution is 0.0940. The molecule has 0 saturated heterocycles. The highest BCUT2D eigenvalue weighted by molar-refractivity contribution is 6.32. The maximum Gasteiger partial charge on any atom is 0.254 e. The monoisotopic (exact) mass is 281 g/mol. The molecule has 2 atom stereocenters. The molecule has 1 aliphatic carbocycles. The van der Waals surface area contributed by atoms with E-state index < -0.39 is 0 Å². The first-order chi connectivity index (χ1) is 9.06. The Kier molecular flexibility index (Phi) is 4.64. The van der Waals surface area contributed by atoms with Crippen LogP contribution in [-0.4, -0.2) is 17.4 Å². The molecule has 2 unspecified atom stereocenters. The summed E-state index contributed by atoms with van der Waals surface area (Å²) in [5.74, 6) is 1.14. The minimum atomic E-state index is -0.192. The molecule has 0 bridgehead atoms. The van der Waals surface area contributed by atoms with Crippen molar-refractivity contribution in [2.24, 2.45) is 11.8 Å². The third-order valence-corrected chi connectivity index (χ3v) is 4.00. The molecule has 5 heteroatoms. The van der Waals surface area contributed by atoms with Crippen molar-refractivity contribution < 1.29 is 4.79 Å². The zero-order valence-corrected chi connectivity index (χ0v) is 11.9. The smallest absolute Gasteiger partial charge is 0.254 e. The zero-order chi connectivity index (χ0) is 13.8. The Morgan fingerprint density at radius 1 is 1.58 bits per heavy atom. The van der Waals surface area contributed by atoms with E-state index in [0.29, 0.717) is 23.7 Å². The van der Waals surface area contributed by atoms with Crippen LogP contribution >= 0.6 is 11.6 Å². The third-order valence-electron chi connectivity index (χ3n) is 3.70. The van der Waals surface area contributed by atoms with E-state index in [-0.39, 0.29) is 11.1 Å². The lowest BCUT2D eigenvalue weighted by atomic mass is 9.82. The van der Waals surface area contributed by atoms with E-state index in [1.54, 1.807) is 6.07 Å². The number of halogens is 1. The van der Waals surface area contributed by atoms with Gasteiger partial charge in [0.2, 0.25) is 0 Å². The van der Waals surface area contributed by atoms with Crippen molar-refractivity contribution in [3.05, 3.63) is 23.0 Å². The van der Waals surface area contributed by atoms with Crippen molar-refractivity contribution >= 4 is 23.2 Å². The maximum absolute atomic E-state index is 12.1. The van der Waals surface area contributed by atoms with E-state index in [1.807, 2.05) is 0 Å². The largest absolute Gasteiger partial charge is 0.397 e. The van der Waals surface area contributed by atoms with Crippen LogP contribution in [-0.2, 0) is 0 Å². The van der Waals surface area contributed by atoms with Gasteiger partial charge in [-0.3, -0.25) is 4.79 Å². The Morgan fingerprint density at radius 2 is 2.37 bits per heavy atom. The van der Waals surface area contributed by atoms with Gasteiger partial charge in [-0.15, -0.1) is 0 Å². The topological polar surface area (TPSA) is 68.0 Å². The van der Waals surface area contributed by atoms with E-state index in [0.717, 1.165) is 5.92 Å². The van der Waals surface area contributed by atoms with Gasteiger partial charge in [0.1, 0.15) is 5.15 Å². The first-order valence-electron chi connectivity index (χ1n) is 6.75. The number of nitrogens with one attached hydrogen (secondary N) is 1. The van der Waals surface area contributed by atoms with Gasteiger partial charge in [-0.05, 0) is 30.7 Å². The first-order valence-corrected chi connectivity index (χ1v) is 7.13. The van der Waals surface area contributed by atoms with Gasteiger partial charge >= 0.3 is 0 Å². The molecular formula is C14H20ClN3O. The molecule has 0 spiro atoms. The van der Waals surface area contributed by atoms with Crippen LogP contribution in [0.15, 0.2) is 12.3 Å². The Morgan fingerprint density at radius 3 is 3.11 bits per heavy atom. The second kappa shape index (κ2) is 6.24. The van der Waals surface area contributed by atoms with Gasteiger partial charge in [0.25, 0.3) is 5.91 Å². The minimum absolute atomic E-state index is 0.192. The Labute approximate surface area is 118 Å². The molecule has 2 rings (SSSR count). The number of hydrogen-bond donors (Lipinski definition) is 2. The molecule has 1 saturated carbocycles. The lowest BCUT2D eigenvalue weighted by Crippen LogP contribution is -2.31. The minimum Gasteiger partial charge on any atom is -0.397 e. The summed E-state index contributed by atoms with van der Waals surface area (Å²) in [5, 5.41) is 3.14. The van der Waals surface area contributed by atoms with Crippen molar-refractivity contribution in [3.63, 3.8) is 0 Å². The molecule has 4 nitrogen and oxygen atoms in total. The maximum atomic E-state index is 12.1. The summed E-state index contributed by atoms with van der Waals surface area (Å²) in [7, 11) is 0.